The number of hydrogen-bond donors (Lipinski definition) is 0. The molecule has 0 aliphatic heterocycles. The fourth-order valence-electron chi connectivity index (χ4n) is 2.11. The molecule has 2 aromatic rings. The van der Waals surface area contributed by atoms with Crippen molar-refractivity contribution in [3.05, 3.63) is 28.2 Å². The second-order valence-corrected chi connectivity index (χ2v) is 7.61. The molecule has 2 unspecified atom stereocenters. The number of hydrogen-bond acceptors (Lipinski definition) is 2. The fraction of sp³-hybridized carbons (Fsp3) is 0.500. The average molecular weight is 380 g/mol. The molecule has 2 nitrogen and oxygen atoms in total. The largest absolute Gasteiger partial charge is 0.327 e. The highest BCUT2D eigenvalue weighted by atomic mass is 79.9. The zero-order valence-electron chi connectivity index (χ0n) is 11.7. The van der Waals surface area contributed by atoms with E-state index in [0.717, 1.165) is 24.3 Å². The second-order valence-electron chi connectivity index (χ2n) is 4.83. The molecule has 0 amide bonds. The Hall–Kier alpha value is -0.260. The number of halogens is 3. The van der Waals surface area contributed by atoms with E-state index in [9.17, 15) is 4.39 Å². The Labute approximate surface area is 136 Å². The Kier molecular flexibility index (Phi) is 5.37. The van der Waals surface area contributed by atoms with Crippen LogP contribution in [0, 0.1) is 5.82 Å². The van der Waals surface area contributed by atoms with Gasteiger partial charge in [-0.25, -0.2) is 9.37 Å². The zero-order valence-corrected chi connectivity index (χ0v) is 14.8. The van der Waals surface area contributed by atoms with Crippen LogP contribution in [0.25, 0.3) is 11.0 Å². The fourth-order valence-corrected chi connectivity index (χ4v) is 2.95. The van der Waals surface area contributed by atoms with Gasteiger partial charge in [0.15, 0.2) is 0 Å². The van der Waals surface area contributed by atoms with Gasteiger partial charge in [0, 0.05) is 17.9 Å². The quantitative estimate of drug-likeness (QED) is 0.649. The Bertz CT molecular complexity index is 615. The minimum atomic E-state index is -0.298. The van der Waals surface area contributed by atoms with Crippen molar-refractivity contribution in [1.82, 2.24) is 9.55 Å². The van der Waals surface area contributed by atoms with E-state index in [2.05, 4.69) is 38.7 Å². The van der Waals surface area contributed by atoms with Gasteiger partial charge in [0.1, 0.15) is 11.6 Å². The first-order valence-corrected chi connectivity index (χ1v) is 8.97. The lowest BCUT2D eigenvalue weighted by atomic mass is 10.3. The van der Waals surface area contributed by atoms with Crippen molar-refractivity contribution in [3.63, 3.8) is 0 Å². The number of aromatic nitrogens is 2. The molecule has 2 rings (SSSR count). The summed E-state index contributed by atoms with van der Waals surface area (Å²) in [5.41, 5.74) is 1.58. The van der Waals surface area contributed by atoms with Crippen molar-refractivity contribution >= 4 is 50.3 Å². The molecule has 0 N–H and O–H groups in total. The Morgan fingerprint density at radius 2 is 2.15 bits per heavy atom. The molecule has 2 atom stereocenters. The van der Waals surface area contributed by atoms with Crippen LogP contribution in [-0.2, 0) is 6.54 Å². The van der Waals surface area contributed by atoms with E-state index in [4.69, 9.17) is 11.6 Å². The first-order valence-electron chi connectivity index (χ1n) is 6.46. The van der Waals surface area contributed by atoms with Crippen LogP contribution in [0.5, 0.6) is 0 Å². The highest BCUT2D eigenvalue weighted by Crippen LogP contribution is 2.29. The third-order valence-corrected chi connectivity index (χ3v) is 5.18. The van der Waals surface area contributed by atoms with Crippen molar-refractivity contribution < 1.29 is 4.39 Å². The van der Waals surface area contributed by atoms with Crippen molar-refractivity contribution in [3.8, 4) is 0 Å². The lowest BCUT2D eigenvalue weighted by Gasteiger charge is -2.13. The molecule has 1 aromatic carbocycles. The molecular weight excluding hydrogens is 363 g/mol. The molecule has 110 valence electrons. The molecule has 0 saturated carbocycles. The summed E-state index contributed by atoms with van der Waals surface area (Å²) in [4.78, 5) is 4.48. The van der Waals surface area contributed by atoms with E-state index in [1.165, 1.54) is 6.07 Å². The highest BCUT2D eigenvalue weighted by molar-refractivity contribution is 9.10. The first kappa shape index (κ1) is 16.1. The van der Waals surface area contributed by atoms with E-state index in [-0.39, 0.29) is 11.2 Å². The molecule has 0 radical (unpaired) electrons. The molecule has 0 aliphatic carbocycles. The predicted octanol–water partition coefficient (Wildman–Crippen LogP) is 5.38. The summed E-state index contributed by atoms with van der Waals surface area (Å²) in [6, 6.07) is 3.24. The maximum atomic E-state index is 13.6. The van der Waals surface area contributed by atoms with Crippen LogP contribution < -0.4 is 0 Å². The number of rotatable bonds is 5. The summed E-state index contributed by atoms with van der Waals surface area (Å²) in [7, 11) is 0. The third-order valence-electron chi connectivity index (χ3n) is 3.34. The maximum absolute atomic E-state index is 13.6. The number of nitrogens with zero attached hydrogens (tertiary/aromatic N) is 2. The van der Waals surface area contributed by atoms with Crippen LogP contribution in [0.3, 0.4) is 0 Å². The Morgan fingerprint density at radius 3 is 2.75 bits per heavy atom. The summed E-state index contributed by atoms with van der Waals surface area (Å²) < 4.78 is 16.2. The van der Waals surface area contributed by atoms with Gasteiger partial charge in [-0.3, -0.25) is 0 Å². The van der Waals surface area contributed by atoms with E-state index in [1.54, 1.807) is 6.07 Å². The van der Waals surface area contributed by atoms with Crippen LogP contribution in [0.1, 0.15) is 31.5 Å². The molecule has 20 heavy (non-hydrogen) atoms. The molecular formula is C14H17BrClFN2S. The smallest absolute Gasteiger partial charge is 0.139 e. The van der Waals surface area contributed by atoms with Crippen molar-refractivity contribution in [2.45, 2.75) is 37.4 Å². The summed E-state index contributed by atoms with van der Waals surface area (Å²) in [5, 5.41) is 0.364. The summed E-state index contributed by atoms with van der Waals surface area (Å²) in [6.07, 6.45) is 3.13. The number of aryl methyl sites for hydroxylation is 1. The number of benzene rings is 1. The first-order chi connectivity index (χ1) is 9.43. The molecule has 0 fully saturated rings. The molecule has 6 heteroatoms. The number of alkyl halides is 1. The monoisotopic (exact) mass is 378 g/mol. The van der Waals surface area contributed by atoms with Crippen molar-refractivity contribution in [2.75, 3.05) is 6.26 Å². The molecule has 0 aliphatic rings. The predicted molar refractivity (Wildman–Crippen MR) is 89.3 cm³/mol. The molecule has 0 saturated heterocycles. The van der Waals surface area contributed by atoms with Gasteiger partial charge in [-0.1, -0.05) is 6.92 Å². The standard InChI is InChI=1S/C14H17BrClFN2S/c1-8(20-3)4-5-19-13-6-10(15)11(17)7-12(13)18-14(19)9(2)16/h6-9H,4-5H2,1-3H3. The van der Waals surface area contributed by atoms with E-state index in [1.807, 2.05) is 18.7 Å². The van der Waals surface area contributed by atoms with Gasteiger partial charge in [0.25, 0.3) is 0 Å². The van der Waals surface area contributed by atoms with Gasteiger partial charge in [0.2, 0.25) is 0 Å². The van der Waals surface area contributed by atoms with Gasteiger partial charge in [0.05, 0.1) is 20.9 Å². The zero-order chi connectivity index (χ0) is 14.9. The van der Waals surface area contributed by atoms with Crippen LogP contribution in [-0.4, -0.2) is 21.1 Å². The average Bonchev–Trinajstić information content (AvgIpc) is 2.74. The van der Waals surface area contributed by atoms with E-state index in [0.29, 0.717) is 15.2 Å². The number of thioether (sulfide) groups is 1. The molecule has 1 aromatic heterocycles. The van der Waals surface area contributed by atoms with Gasteiger partial charge in [-0.2, -0.15) is 11.8 Å². The van der Waals surface area contributed by atoms with Crippen LogP contribution in [0.2, 0.25) is 0 Å². The third kappa shape index (κ3) is 3.31. The normalized spacial score (nSPS) is 14.7. The lowest BCUT2D eigenvalue weighted by molar-refractivity contribution is 0.618. The second kappa shape index (κ2) is 6.67. The Morgan fingerprint density at radius 1 is 1.45 bits per heavy atom. The van der Waals surface area contributed by atoms with Crippen LogP contribution in [0.4, 0.5) is 4.39 Å². The van der Waals surface area contributed by atoms with Gasteiger partial charge >= 0.3 is 0 Å². The van der Waals surface area contributed by atoms with E-state index < -0.39 is 0 Å². The minimum absolute atomic E-state index is 0.200. The summed E-state index contributed by atoms with van der Waals surface area (Å²) in [6.45, 7) is 4.93. The highest BCUT2D eigenvalue weighted by Gasteiger charge is 2.17. The van der Waals surface area contributed by atoms with E-state index >= 15 is 0 Å². The number of fused-ring (bicyclic) bond motifs is 1. The Balaban J connectivity index is 2.47. The number of imidazole rings is 1. The molecule has 1 heterocycles. The summed E-state index contributed by atoms with van der Waals surface area (Å²) in [5.74, 6) is 0.501. The van der Waals surface area contributed by atoms with Gasteiger partial charge in [-0.05, 0) is 41.6 Å². The lowest BCUT2D eigenvalue weighted by Crippen LogP contribution is -2.08. The molecule has 0 spiro atoms. The molecule has 0 bridgehead atoms. The van der Waals surface area contributed by atoms with Crippen LogP contribution >= 0.6 is 39.3 Å². The maximum Gasteiger partial charge on any atom is 0.139 e. The minimum Gasteiger partial charge on any atom is -0.327 e. The summed E-state index contributed by atoms with van der Waals surface area (Å²) >= 11 is 11.3. The van der Waals surface area contributed by atoms with Crippen molar-refractivity contribution in [1.29, 1.82) is 0 Å². The van der Waals surface area contributed by atoms with Crippen LogP contribution in [0.15, 0.2) is 16.6 Å². The van der Waals surface area contributed by atoms with Gasteiger partial charge < -0.3 is 4.57 Å². The van der Waals surface area contributed by atoms with Gasteiger partial charge in [-0.15, -0.1) is 11.6 Å². The topological polar surface area (TPSA) is 17.8 Å². The SMILES string of the molecule is CSC(C)CCn1c(C(C)Cl)nc2cc(F)c(Br)cc21. The van der Waals surface area contributed by atoms with Crippen molar-refractivity contribution in [2.24, 2.45) is 0 Å².